The van der Waals surface area contributed by atoms with Crippen LogP contribution < -0.4 is 5.73 Å². The zero-order chi connectivity index (χ0) is 19.0. The van der Waals surface area contributed by atoms with Crippen LogP contribution in [0.4, 0.5) is 10.2 Å². The van der Waals surface area contributed by atoms with Crippen LogP contribution in [0.5, 0.6) is 0 Å². The van der Waals surface area contributed by atoms with Gasteiger partial charge in [-0.15, -0.1) is 23.1 Å². The number of nitrogens with two attached hydrogens (primary N) is 1. The maximum atomic E-state index is 13.3. The number of hydrogen-bond donors (Lipinski definition) is 1. The molecule has 0 atom stereocenters. The van der Waals surface area contributed by atoms with Crippen molar-refractivity contribution in [3.05, 3.63) is 66.8 Å². The summed E-state index contributed by atoms with van der Waals surface area (Å²) in [6, 6.07) is 8.33. The molecule has 4 aromatic rings. The molecule has 0 fully saturated rings. The first kappa shape index (κ1) is 17.6. The van der Waals surface area contributed by atoms with Crippen molar-refractivity contribution in [2.24, 2.45) is 0 Å². The third-order valence-corrected chi connectivity index (χ3v) is 6.04. The van der Waals surface area contributed by atoms with Crippen LogP contribution in [0.1, 0.15) is 5.56 Å². The van der Waals surface area contributed by atoms with Gasteiger partial charge < -0.3 is 5.73 Å². The standard InChI is InChI=1S/C20H15FN4S2/c1-3-4-15(26-2)13-9-14(11-5-7-12(21)8-6-11)25-20-16(13)17-18(27-20)19(22)24-10-23-17/h3-10H,1H2,2H3,(H2,22,23,24)/b15-4-. The molecule has 0 aliphatic carbocycles. The first-order valence-electron chi connectivity index (χ1n) is 8.09. The minimum absolute atomic E-state index is 0.277. The van der Waals surface area contributed by atoms with E-state index in [4.69, 9.17) is 10.7 Å². The Morgan fingerprint density at radius 3 is 2.74 bits per heavy atom. The summed E-state index contributed by atoms with van der Waals surface area (Å²) < 4.78 is 14.1. The second-order valence-electron chi connectivity index (χ2n) is 5.75. The van der Waals surface area contributed by atoms with Gasteiger partial charge in [0.05, 0.1) is 15.9 Å². The number of halogens is 1. The Labute approximate surface area is 163 Å². The average molecular weight is 395 g/mol. The van der Waals surface area contributed by atoms with Crippen LogP contribution in [0.3, 0.4) is 0 Å². The van der Waals surface area contributed by atoms with E-state index in [-0.39, 0.29) is 5.82 Å². The first-order chi connectivity index (χ1) is 13.1. The van der Waals surface area contributed by atoms with Crippen LogP contribution >= 0.6 is 23.1 Å². The molecule has 0 saturated carbocycles. The lowest BCUT2D eigenvalue weighted by Gasteiger charge is -2.09. The quantitative estimate of drug-likeness (QED) is 0.462. The second-order valence-corrected chi connectivity index (χ2v) is 7.60. The Kier molecular flexibility index (Phi) is 4.63. The fourth-order valence-corrected chi connectivity index (χ4v) is 4.59. The van der Waals surface area contributed by atoms with Gasteiger partial charge in [-0.3, -0.25) is 0 Å². The van der Waals surface area contributed by atoms with Crippen molar-refractivity contribution in [3.8, 4) is 11.3 Å². The lowest BCUT2D eigenvalue weighted by molar-refractivity contribution is 0.628. The normalized spacial score (nSPS) is 12.0. The Morgan fingerprint density at radius 1 is 1.26 bits per heavy atom. The lowest BCUT2D eigenvalue weighted by Crippen LogP contribution is -1.92. The molecule has 134 valence electrons. The third-order valence-electron chi connectivity index (χ3n) is 4.15. The maximum Gasteiger partial charge on any atom is 0.144 e. The van der Waals surface area contributed by atoms with Gasteiger partial charge in [-0.25, -0.2) is 19.3 Å². The summed E-state index contributed by atoms with van der Waals surface area (Å²) in [5, 5.41) is 0.942. The van der Waals surface area contributed by atoms with Gasteiger partial charge in [-0.2, -0.15) is 0 Å². The number of anilines is 1. The number of nitrogens with zero attached hydrogens (tertiary/aromatic N) is 3. The molecule has 27 heavy (non-hydrogen) atoms. The molecule has 4 nitrogen and oxygen atoms in total. The van der Waals surface area contributed by atoms with Gasteiger partial charge in [-0.05, 0) is 42.7 Å². The fourth-order valence-electron chi connectivity index (χ4n) is 2.92. The molecular formula is C20H15FN4S2. The van der Waals surface area contributed by atoms with E-state index in [0.717, 1.165) is 42.2 Å². The molecule has 0 saturated heterocycles. The van der Waals surface area contributed by atoms with Gasteiger partial charge in [0.15, 0.2) is 0 Å². The Hall–Kier alpha value is -2.77. The minimum atomic E-state index is -0.277. The number of rotatable bonds is 4. The molecule has 0 spiro atoms. The number of pyridine rings is 1. The second kappa shape index (κ2) is 7.09. The van der Waals surface area contributed by atoms with Gasteiger partial charge in [0.1, 0.15) is 22.8 Å². The molecular weight excluding hydrogens is 379 g/mol. The van der Waals surface area contributed by atoms with Crippen LogP contribution in [-0.2, 0) is 0 Å². The average Bonchev–Trinajstić information content (AvgIpc) is 3.06. The smallest absolute Gasteiger partial charge is 0.144 e. The number of hydrogen-bond acceptors (Lipinski definition) is 6. The van der Waals surface area contributed by atoms with Crippen LogP contribution in [0, 0.1) is 5.82 Å². The van der Waals surface area contributed by atoms with Crippen molar-refractivity contribution in [1.82, 2.24) is 15.0 Å². The summed E-state index contributed by atoms with van der Waals surface area (Å²) in [7, 11) is 0. The zero-order valence-corrected chi connectivity index (χ0v) is 16.1. The highest BCUT2D eigenvalue weighted by Crippen LogP contribution is 2.41. The molecule has 3 aromatic heterocycles. The van der Waals surface area contributed by atoms with Crippen LogP contribution in [-0.4, -0.2) is 21.2 Å². The molecule has 1 aromatic carbocycles. The van der Waals surface area contributed by atoms with Gasteiger partial charge in [0.2, 0.25) is 0 Å². The topological polar surface area (TPSA) is 64.7 Å². The number of fused-ring (bicyclic) bond motifs is 3. The SMILES string of the molecule is C=C/C=C(\SC)c1cc(-c2ccc(F)cc2)nc2sc3c(N)ncnc3c12. The largest absolute Gasteiger partial charge is 0.382 e. The Bertz CT molecular complexity index is 1200. The van der Waals surface area contributed by atoms with E-state index in [2.05, 4.69) is 16.5 Å². The van der Waals surface area contributed by atoms with E-state index in [1.54, 1.807) is 30.0 Å². The van der Waals surface area contributed by atoms with Gasteiger partial charge in [0.25, 0.3) is 0 Å². The molecule has 0 radical (unpaired) electrons. The zero-order valence-electron chi connectivity index (χ0n) is 14.4. The number of aromatic nitrogens is 3. The van der Waals surface area contributed by atoms with E-state index in [9.17, 15) is 4.39 Å². The predicted molar refractivity (Wildman–Crippen MR) is 114 cm³/mol. The van der Waals surface area contributed by atoms with Crippen molar-refractivity contribution in [2.75, 3.05) is 12.0 Å². The highest BCUT2D eigenvalue weighted by Gasteiger charge is 2.18. The number of thiophene rings is 1. The molecule has 3 heterocycles. The molecule has 0 amide bonds. The van der Waals surface area contributed by atoms with E-state index in [0.29, 0.717) is 5.82 Å². The lowest BCUT2D eigenvalue weighted by atomic mass is 10.1. The molecule has 0 aliphatic rings. The van der Waals surface area contributed by atoms with E-state index in [1.807, 2.05) is 18.4 Å². The molecule has 0 aliphatic heterocycles. The highest BCUT2D eigenvalue weighted by atomic mass is 32.2. The van der Waals surface area contributed by atoms with Crippen molar-refractivity contribution >= 4 is 54.3 Å². The van der Waals surface area contributed by atoms with Crippen LogP contribution in [0.2, 0.25) is 0 Å². The van der Waals surface area contributed by atoms with Gasteiger partial charge in [0, 0.05) is 21.4 Å². The van der Waals surface area contributed by atoms with Crippen molar-refractivity contribution in [1.29, 1.82) is 0 Å². The number of allylic oxidation sites excluding steroid dienone is 2. The molecule has 2 N–H and O–H groups in total. The maximum absolute atomic E-state index is 13.3. The predicted octanol–water partition coefficient (Wildman–Crippen LogP) is 5.52. The van der Waals surface area contributed by atoms with Gasteiger partial charge in [-0.1, -0.05) is 12.7 Å². The van der Waals surface area contributed by atoms with Gasteiger partial charge >= 0.3 is 0 Å². The number of nitrogen functional groups attached to an aromatic ring is 1. The van der Waals surface area contributed by atoms with Crippen molar-refractivity contribution < 1.29 is 4.39 Å². The summed E-state index contributed by atoms with van der Waals surface area (Å²) in [6.07, 6.45) is 7.20. The summed E-state index contributed by atoms with van der Waals surface area (Å²) in [6.45, 7) is 3.82. The molecule has 0 unspecified atom stereocenters. The van der Waals surface area contributed by atoms with Crippen LogP contribution in [0.25, 0.3) is 36.6 Å². The summed E-state index contributed by atoms with van der Waals surface area (Å²) >= 11 is 3.08. The minimum Gasteiger partial charge on any atom is -0.382 e. The summed E-state index contributed by atoms with van der Waals surface area (Å²) in [5.74, 6) is 0.164. The molecule has 4 rings (SSSR count). The third kappa shape index (κ3) is 3.09. The Morgan fingerprint density at radius 2 is 2.04 bits per heavy atom. The molecule has 7 heteroatoms. The monoisotopic (exact) mass is 394 g/mol. The first-order valence-corrected chi connectivity index (χ1v) is 10.1. The summed E-state index contributed by atoms with van der Waals surface area (Å²) in [4.78, 5) is 15.2. The van der Waals surface area contributed by atoms with E-state index < -0.39 is 0 Å². The van der Waals surface area contributed by atoms with E-state index >= 15 is 0 Å². The Balaban J connectivity index is 2.10. The fraction of sp³-hybridized carbons (Fsp3) is 0.0500. The number of thioether (sulfide) groups is 1. The highest BCUT2D eigenvalue weighted by molar-refractivity contribution is 8.07. The van der Waals surface area contributed by atoms with Crippen LogP contribution in [0.15, 0.2) is 55.4 Å². The van der Waals surface area contributed by atoms with E-state index in [1.165, 1.54) is 29.8 Å². The van der Waals surface area contributed by atoms with Crippen molar-refractivity contribution in [2.45, 2.75) is 0 Å². The summed E-state index contributed by atoms with van der Waals surface area (Å²) in [5.41, 5.74) is 9.45. The van der Waals surface area contributed by atoms with Crippen molar-refractivity contribution in [3.63, 3.8) is 0 Å². The number of benzene rings is 1. The molecule has 0 bridgehead atoms.